The number of hydrogen-bond acceptors (Lipinski definition) is 2. The second-order valence-corrected chi connectivity index (χ2v) is 5.22. The number of carboxylic acid groups (broad SMARTS) is 1. The second kappa shape index (κ2) is 6.04. The molecule has 0 atom stereocenters. The van der Waals surface area contributed by atoms with Crippen molar-refractivity contribution in [2.75, 3.05) is 13.1 Å². The van der Waals surface area contributed by atoms with Crippen molar-refractivity contribution < 1.29 is 9.90 Å². The van der Waals surface area contributed by atoms with Crippen LogP contribution < -0.4 is 5.32 Å². The number of carbonyl (C=O) groups is 1. The van der Waals surface area contributed by atoms with E-state index in [1.165, 1.54) is 31.3 Å². The Morgan fingerprint density at radius 3 is 2.81 bits per heavy atom. The molecule has 0 spiro atoms. The number of rotatable bonds is 6. The van der Waals surface area contributed by atoms with Gasteiger partial charge in [0, 0.05) is 6.54 Å². The Labute approximate surface area is 97.9 Å². The molecule has 1 aliphatic rings. The average Bonchev–Trinajstić information content (AvgIpc) is 2.26. The molecule has 0 aliphatic heterocycles. The van der Waals surface area contributed by atoms with Crippen molar-refractivity contribution in [2.45, 2.75) is 46.0 Å². The number of hydrogen-bond donors (Lipinski definition) is 2. The van der Waals surface area contributed by atoms with Crippen molar-refractivity contribution in [3.8, 4) is 0 Å². The van der Waals surface area contributed by atoms with Crippen LogP contribution in [0.1, 0.15) is 46.0 Å². The first-order chi connectivity index (χ1) is 7.52. The summed E-state index contributed by atoms with van der Waals surface area (Å²) < 4.78 is 0. The van der Waals surface area contributed by atoms with Crippen molar-refractivity contribution in [1.29, 1.82) is 0 Å². The van der Waals surface area contributed by atoms with E-state index in [0.717, 1.165) is 13.0 Å². The lowest BCUT2D eigenvalue weighted by molar-refractivity contribution is -0.146. The molecule has 0 aromatic rings. The highest BCUT2D eigenvalue weighted by Gasteiger charge is 2.26. The van der Waals surface area contributed by atoms with Crippen molar-refractivity contribution in [2.24, 2.45) is 5.41 Å². The Morgan fingerprint density at radius 1 is 1.50 bits per heavy atom. The van der Waals surface area contributed by atoms with Gasteiger partial charge in [0.1, 0.15) is 0 Å². The first-order valence-corrected chi connectivity index (χ1v) is 6.14. The lowest BCUT2D eigenvalue weighted by Crippen LogP contribution is -2.36. The summed E-state index contributed by atoms with van der Waals surface area (Å²) in [5.74, 6) is -0.739. The van der Waals surface area contributed by atoms with Gasteiger partial charge in [0.15, 0.2) is 0 Å². The molecule has 0 fully saturated rings. The standard InChI is InChI=1S/C13H23NO2/c1-13(2,12(15)16)10-14-9-8-11-6-4-3-5-7-11/h6,14H,3-5,7-10H2,1-2H3,(H,15,16). The van der Waals surface area contributed by atoms with Crippen LogP contribution >= 0.6 is 0 Å². The molecule has 3 nitrogen and oxygen atoms in total. The first kappa shape index (κ1) is 13.2. The van der Waals surface area contributed by atoms with Crippen LogP contribution in [0.25, 0.3) is 0 Å². The third kappa shape index (κ3) is 4.35. The van der Waals surface area contributed by atoms with Crippen LogP contribution in [0.2, 0.25) is 0 Å². The molecule has 1 rings (SSSR count). The predicted molar refractivity (Wildman–Crippen MR) is 65.5 cm³/mol. The van der Waals surface area contributed by atoms with Gasteiger partial charge in [-0.3, -0.25) is 4.79 Å². The van der Waals surface area contributed by atoms with Crippen LogP contribution in [0.15, 0.2) is 11.6 Å². The maximum atomic E-state index is 10.9. The molecule has 0 radical (unpaired) electrons. The molecule has 0 bridgehead atoms. The maximum Gasteiger partial charge on any atom is 0.310 e. The second-order valence-electron chi connectivity index (χ2n) is 5.22. The molecular weight excluding hydrogens is 202 g/mol. The monoisotopic (exact) mass is 225 g/mol. The van der Waals surface area contributed by atoms with Crippen LogP contribution in [0, 0.1) is 5.41 Å². The van der Waals surface area contributed by atoms with Gasteiger partial charge in [-0.1, -0.05) is 11.6 Å². The molecule has 0 amide bonds. The Balaban J connectivity index is 2.16. The quantitative estimate of drug-likeness (QED) is 0.539. The number of carboxylic acids is 1. The molecule has 0 aromatic heterocycles. The van der Waals surface area contributed by atoms with Crippen molar-refractivity contribution >= 4 is 5.97 Å². The van der Waals surface area contributed by atoms with E-state index in [9.17, 15) is 4.79 Å². The molecule has 3 heteroatoms. The third-order valence-corrected chi connectivity index (χ3v) is 3.15. The van der Waals surface area contributed by atoms with Crippen molar-refractivity contribution in [3.05, 3.63) is 11.6 Å². The fourth-order valence-electron chi connectivity index (χ4n) is 1.86. The zero-order chi connectivity index (χ0) is 12.0. The maximum absolute atomic E-state index is 10.9. The first-order valence-electron chi connectivity index (χ1n) is 6.14. The summed E-state index contributed by atoms with van der Waals surface area (Å²) in [6, 6.07) is 0. The Kier molecular flexibility index (Phi) is 5.00. The smallest absolute Gasteiger partial charge is 0.310 e. The molecule has 0 saturated heterocycles. The van der Waals surface area contributed by atoms with Gasteiger partial charge in [-0.2, -0.15) is 0 Å². The van der Waals surface area contributed by atoms with Gasteiger partial charge in [-0.15, -0.1) is 0 Å². The Hall–Kier alpha value is -0.830. The number of aliphatic carboxylic acids is 1. The van der Waals surface area contributed by atoms with Gasteiger partial charge in [0.25, 0.3) is 0 Å². The molecule has 0 saturated carbocycles. The van der Waals surface area contributed by atoms with Gasteiger partial charge in [0.05, 0.1) is 5.41 Å². The van der Waals surface area contributed by atoms with Gasteiger partial charge in [-0.25, -0.2) is 0 Å². The predicted octanol–water partition coefficient (Wildman–Crippen LogP) is 2.58. The summed E-state index contributed by atoms with van der Waals surface area (Å²) in [7, 11) is 0. The van der Waals surface area contributed by atoms with Crippen LogP contribution in [0.4, 0.5) is 0 Å². The molecule has 0 unspecified atom stereocenters. The van der Waals surface area contributed by atoms with Gasteiger partial charge < -0.3 is 10.4 Å². The van der Waals surface area contributed by atoms with Gasteiger partial charge in [0.2, 0.25) is 0 Å². The van der Waals surface area contributed by atoms with E-state index in [1.54, 1.807) is 13.8 Å². The SMILES string of the molecule is CC(C)(CNCCC1=CCCCC1)C(=O)O. The minimum atomic E-state index is -0.739. The summed E-state index contributed by atoms with van der Waals surface area (Å²) in [5, 5.41) is 12.2. The van der Waals surface area contributed by atoms with E-state index in [0.29, 0.717) is 6.54 Å². The van der Waals surface area contributed by atoms with Crippen LogP contribution in [0.5, 0.6) is 0 Å². The molecule has 16 heavy (non-hydrogen) atoms. The zero-order valence-electron chi connectivity index (χ0n) is 10.4. The number of allylic oxidation sites excluding steroid dienone is 1. The largest absolute Gasteiger partial charge is 0.481 e. The lowest BCUT2D eigenvalue weighted by Gasteiger charge is -2.20. The average molecular weight is 225 g/mol. The molecule has 0 aromatic carbocycles. The highest BCUT2D eigenvalue weighted by molar-refractivity contribution is 5.73. The zero-order valence-corrected chi connectivity index (χ0v) is 10.4. The fraction of sp³-hybridized carbons (Fsp3) is 0.769. The van der Waals surface area contributed by atoms with Crippen LogP contribution in [-0.4, -0.2) is 24.2 Å². The molecule has 1 aliphatic carbocycles. The minimum absolute atomic E-state index is 0.537. The summed E-state index contributed by atoms with van der Waals surface area (Å²) in [6.07, 6.45) is 8.48. The third-order valence-electron chi connectivity index (χ3n) is 3.15. The van der Waals surface area contributed by atoms with E-state index in [2.05, 4.69) is 11.4 Å². The molecule has 92 valence electrons. The topological polar surface area (TPSA) is 49.3 Å². The fourth-order valence-corrected chi connectivity index (χ4v) is 1.86. The van der Waals surface area contributed by atoms with Gasteiger partial charge >= 0.3 is 5.97 Å². The highest BCUT2D eigenvalue weighted by atomic mass is 16.4. The van der Waals surface area contributed by atoms with Crippen molar-refractivity contribution in [3.63, 3.8) is 0 Å². The summed E-state index contributed by atoms with van der Waals surface area (Å²) in [6.45, 7) is 4.93. The summed E-state index contributed by atoms with van der Waals surface area (Å²) >= 11 is 0. The van der Waals surface area contributed by atoms with Crippen LogP contribution in [0.3, 0.4) is 0 Å². The van der Waals surface area contributed by atoms with Gasteiger partial charge in [-0.05, 0) is 52.5 Å². The Bertz CT molecular complexity index is 269. The van der Waals surface area contributed by atoms with E-state index in [-0.39, 0.29) is 0 Å². The summed E-state index contributed by atoms with van der Waals surface area (Å²) in [5.41, 5.74) is 0.868. The number of nitrogens with one attached hydrogen (secondary N) is 1. The minimum Gasteiger partial charge on any atom is -0.481 e. The van der Waals surface area contributed by atoms with E-state index in [1.807, 2.05) is 0 Å². The summed E-state index contributed by atoms with van der Waals surface area (Å²) in [4.78, 5) is 10.9. The van der Waals surface area contributed by atoms with E-state index >= 15 is 0 Å². The van der Waals surface area contributed by atoms with E-state index < -0.39 is 11.4 Å². The van der Waals surface area contributed by atoms with E-state index in [4.69, 9.17) is 5.11 Å². The lowest BCUT2D eigenvalue weighted by atomic mass is 9.93. The molecule has 0 heterocycles. The molecular formula is C13H23NO2. The van der Waals surface area contributed by atoms with Crippen molar-refractivity contribution in [1.82, 2.24) is 5.32 Å². The highest BCUT2D eigenvalue weighted by Crippen LogP contribution is 2.19. The Morgan fingerprint density at radius 2 is 2.25 bits per heavy atom. The molecule has 2 N–H and O–H groups in total. The normalized spacial score (nSPS) is 17.0. The van der Waals surface area contributed by atoms with Crippen LogP contribution in [-0.2, 0) is 4.79 Å².